The number of hydrogen-bond acceptors (Lipinski definition) is 3. The van der Waals surface area contributed by atoms with Crippen LogP contribution in [0.4, 0.5) is 0 Å². The van der Waals surface area contributed by atoms with Crippen LogP contribution in [0.15, 0.2) is 6.07 Å². The zero-order chi connectivity index (χ0) is 13.7. The van der Waals surface area contributed by atoms with E-state index >= 15 is 0 Å². The summed E-state index contributed by atoms with van der Waals surface area (Å²) >= 11 is 0. The number of aryl methyl sites for hydroxylation is 1. The molecule has 0 saturated heterocycles. The van der Waals surface area contributed by atoms with Crippen molar-refractivity contribution in [1.29, 1.82) is 0 Å². The number of methoxy groups -OCH3 is 1. The average molecular weight is 250 g/mol. The van der Waals surface area contributed by atoms with E-state index in [9.17, 15) is 0 Å². The molecule has 3 heteroatoms. The van der Waals surface area contributed by atoms with Gasteiger partial charge in [0.15, 0.2) is 0 Å². The number of nitrogens with one attached hydrogen (secondary N) is 1. The van der Waals surface area contributed by atoms with E-state index < -0.39 is 0 Å². The van der Waals surface area contributed by atoms with Crippen LogP contribution in [0.25, 0.3) is 0 Å². The number of nitrogens with two attached hydrogens (primary N) is 1. The van der Waals surface area contributed by atoms with Crippen LogP contribution in [0.1, 0.15) is 35.6 Å². The minimum Gasteiger partial charge on any atom is -0.496 e. The summed E-state index contributed by atoms with van der Waals surface area (Å²) in [6.45, 7) is 10.3. The molecule has 0 aliphatic heterocycles. The van der Waals surface area contributed by atoms with E-state index in [4.69, 9.17) is 10.5 Å². The molecule has 1 aromatic carbocycles. The van der Waals surface area contributed by atoms with Crippen molar-refractivity contribution >= 4 is 0 Å². The van der Waals surface area contributed by atoms with Crippen LogP contribution in [0.2, 0.25) is 0 Å². The van der Waals surface area contributed by atoms with Crippen molar-refractivity contribution < 1.29 is 4.74 Å². The molecule has 0 aromatic heterocycles. The van der Waals surface area contributed by atoms with E-state index in [1.165, 1.54) is 22.3 Å². The Kier molecular flexibility index (Phi) is 5.63. The normalized spacial score (nSPS) is 12.6. The average Bonchev–Trinajstić information content (AvgIpc) is 2.31. The summed E-state index contributed by atoms with van der Waals surface area (Å²) in [7, 11) is 1.73. The predicted molar refractivity (Wildman–Crippen MR) is 77.2 cm³/mol. The van der Waals surface area contributed by atoms with E-state index in [0.717, 1.165) is 25.3 Å². The molecule has 0 saturated carbocycles. The van der Waals surface area contributed by atoms with Gasteiger partial charge in [-0.25, -0.2) is 0 Å². The van der Waals surface area contributed by atoms with Gasteiger partial charge in [-0.1, -0.05) is 6.07 Å². The van der Waals surface area contributed by atoms with Gasteiger partial charge in [0.05, 0.1) is 7.11 Å². The maximum absolute atomic E-state index is 5.73. The fraction of sp³-hybridized carbons (Fsp3) is 0.600. The van der Waals surface area contributed by atoms with Crippen LogP contribution in [0.5, 0.6) is 5.75 Å². The monoisotopic (exact) mass is 250 g/mol. The summed E-state index contributed by atoms with van der Waals surface area (Å²) < 4.78 is 5.43. The van der Waals surface area contributed by atoms with Crippen LogP contribution < -0.4 is 15.8 Å². The molecular formula is C15H26N2O. The summed E-state index contributed by atoms with van der Waals surface area (Å²) in [5.74, 6) is 1.01. The molecular weight excluding hydrogens is 224 g/mol. The van der Waals surface area contributed by atoms with Crippen molar-refractivity contribution in [3.63, 3.8) is 0 Å². The SMILES string of the molecule is COc1c(C)cc(CNCCC(C)N)c(C)c1C. The van der Waals surface area contributed by atoms with Gasteiger partial charge in [-0.05, 0) is 62.9 Å². The molecule has 1 unspecified atom stereocenters. The predicted octanol–water partition coefficient (Wildman–Crippen LogP) is 2.45. The highest BCUT2D eigenvalue weighted by Crippen LogP contribution is 2.28. The highest BCUT2D eigenvalue weighted by Gasteiger charge is 2.10. The van der Waals surface area contributed by atoms with Crippen molar-refractivity contribution in [3.8, 4) is 5.75 Å². The molecule has 1 aromatic rings. The molecule has 0 bridgehead atoms. The second-order valence-corrected chi connectivity index (χ2v) is 5.08. The second kappa shape index (κ2) is 6.76. The Morgan fingerprint density at radius 1 is 1.28 bits per heavy atom. The molecule has 1 rings (SSSR count). The number of rotatable bonds is 6. The van der Waals surface area contributed by atoms with Crippen LogP contribution in [-0.2, 0) is 6.54 Å². The van der Waals surface area contributed by atoms with E-state index in [2.05, 4.69) is 32.2 Å². The molecule has 0 radical (unpaired) electrons. The van der Waals surface area contributed by atoms with Crippen molar-refractivity contribution in [3.05, 3.63) is 28.3 Å². The van der Waals surface area contributed by atoms with E-state index in [1.807, 2.05) is 6.92 Å². The lowest BCUT2D eigenvalue weighted by Crippen LogP contribution is -2.24. The van der Waals surface area contributed by atoms with Gasteiger partial charge in [-0.15, -0.1) is 0 Å². The first kappa shape index (κ1) is 15.0. The van der Waals surface area contributed by atoms with Crippen molar-refractivity contribution in [2.75, 3.05) is 13.7 Å². The second-order valence-electron chi connectivity index (χ2n) is 5.08. The van der Waals surface area contributed by atoms with Crippen LogP contribution >= 0.6 is 0 Å². The van der Waals surface area contributed by atoms with Crippen LogP contribution in [0, 0.1) is 20.8 Å². The molecule has 3 N–H and O–H groups in total. The van der Waals surface area contributed by atoms with Crippen LogP contribution in [-0.4, -0.2) is 19.7 Å². The van der Waals surface area contributed by atoms with Crippen molar-refractivity contribution in [2.24, 2.45) is 5.73 Å². The Morgan fingerprint density at radius 2 is 1.94 bits per heavy atom. The molecule has 1 atom stereocenters. The zero-order valence-electron chi connectivity index (χ0n) is 12.3. The van der Waals surface area contributed by atoms with Gasteiger partial charge in [0.2, 0.25) is 0 Å². The first-order chi connectivity index (χ1) is 8.47. The Morgan fingerprint density at radius 3 is 2.50 bits per heavy atom. The van der Waals surface area contributed by atoms with Gasteiger partial charge in [0.25, 0.3) is 0 Å². The quantitative estimate of drug-likeness (QED) is 0.762. The first-order valence-electron chi connectivity index (χ1n) is 6.57. The molecule has 0 aliphatic rings. The maximum Gasteiger partial charge on any atom is 0.124 e. The molecule has 102 valence electrons. The fourth-order valence-corrected chi connectivity index (χ4v) is 2.19. The van der Waals surface area contributed by atoms with Crippen LogP contribution in [0.3, 0.4) is 0 Å². The number of ether oxygens (including phenoxy) is 1. The highest BCUT2D eigenvalue weighted by atomic mass is 16.5. The standard InChI is InChI=1S/C15H26N2O/c1-10-8-14(9-17-7-6-11(2)16)12(3)13(4)15(10)18-5/h8,11,17H,6-7,9,16H2,1-5H3. The molecule has 0 fully saturated rings. The summed E-state index contributed by atoms with van der Waals surface area (Å²) in [5, 5.41) is 3.44. The third-order valence-electron chi connectivity index (χ3n) is 3.43. The van der Waals surface area contributed by atoms with Gasteiger partial charge in [0.1, 0.15) is 5.75 Å². The van der Waals surface area contributed by atoms with E-state index in [1.54, 1.807) is 7.11 Å². The minimum absolute atomic E-state index is 0.262. The van der Waals surface area contributed by atoms with Gasteiger partial charge in [-0.2, -0.15) is 0 Å². The Balaban J connectivity index is 2.72. The first-order valence-corrected chi connectivity index (χ1v) is 6.57. The lowest BCUT2D eigenvalue weighted by atomic mass is 9.98. The summed E-state index contributed by atoms with van der Waals surface area (Å²) in [4.78, 5) is 0. The highest BCUT2D eigenvalue weighted by molar-refractivity contribution is 5.48. The number of hydrogen-bond donors (Lipinski definition) is 2. The molecule has 18 heavy (non-hydrogen) atoms. The lowest BCUT2D eigenvalue weighted by Gasteiger charge is -2.16. The van der Waals surface area contributed by atoms with E-state index in [-0.39, 0.29) is 6.04 Å². The van der Waals surface area contributed by atoms with Gasteiger partial charge < -0.3 is 15.8 Å². The fourth-order valence-electron chi connectivity index (χ4n) is 2.19. The number of benzene rings is 1. The maximum atomic E-state index is 5.73. The summed E-state index contributed by atoms with van der Waals surface area (Å²) in [6.07, 6.45) is 1.01. The van der Waals surface area contributed by atoms with Crippen molar-refractivity contribution in [2.45, 2.75) is 46.7 Å². The van der Waals surface area contributed by atoms with Gasteiger partial charge >= 0.3 is 0 Å². The molecule has 0 amide bonds. The Bertz CT molecular complexity index is 400. The third kappa shape index (κ3) is 3.72. The molecule has 0 spiro atoms. The largest absolute Gasteiger partial charge is 0.496 e. The Labute approximate surface area is 111 Å². The lowest BCUT2D eigenvalue weighted by molar-refractivity contribution is 0.408. The van der Waals surface area contributed by atoms with E-state index in [0.29, 0.717) is 0 Å². The zero-order valence-corrected chi connectivity index (χ0v) is 12.3. The third-order valence-corrected chi connectivity index (χ3v) is 3.43. The summed E-state index contributed by atoms with van der Waals surface area (Å²) in [5.41, 5.74) is 10.8. The molecule has 3 nitrogen and oxygen atoms in total. The van der Waals surface area contributed by atoms with Crippen molar-refractivity contribution in [1.82, 2.24) is 5.32 Å². The Hall–Kier alpha value is -1.06. The van der Waals surface area contributed by atoms with Gasteiger partial charge in [-0.3, -0.25) is 0 Å². The molecule has 0 aliphatic carbocycles. The van der Waals surface area contributed by atoms with Gasteiger partial charge in [0, 0.05) is 12.6 Å². The minimum atomic E-state index is 0.262. The smallest absolute Gasteiger partial charge is 0.124 e. The summed E-state index contributed by atoms with van der Waals surface area (Å²) in [6, 6.07) is 2.47. The molecule has 0 heterocycles. The topological polar surface area (TPSA) is 47.3 Å².